The van der Waals surface area contributed by atoms with Gasteiger partial charge in [-0.15, -0.1) is 11.3 Å². The quantitative estimate of drug-likeness (QED) is 0.768. The monoisotopic (exact) mass is 323 g/mol. The molecule has 2 aromatic heterocycles. The Hall–Kier alpha value is -1.14. The standard InChI is InChI=1S/C17H25NO3S/c1-13(2)18(10-17-7-6-14(3)22-17)9-15(19)11-20-12-16-5-4-8-21-16/h4-8,13,15,19H,9-12H2,1-3H3/t15-/m0/s1. The zero-order valence-corrected chi connectivity index (χ0v) is 14.3. The van der Waals surface area contributed by atoms with Gasteiger partial charge in [-0.25, -0.2) is 0 Å². The molecule has 0 aromatic carbocycles. The SMILES string of the molecule is Cc1ccc(CN(C[C@H](O)COCc2ccco2)C(C)C)s1. The van der Waals surface area contributed by atoms with Gasteiger partial charge in [0.25, 0.3) is 0 Å². The van der Waals surface area contributed by atoms with Gasteiger partial charge in [0.05, 0.1) is 19.0 Å². The summed E-state index contributed by atoms with van der Waals surface area (Å²) >= 11 is 1.81. The average molecular weight is 323 g/mol. The summed E-state index contributed by atoms with van der Waals surface area (Å²) in [6.45, 7) is 8.60. The fourth-order valence-electron chi connectivity index (χ4n) is 2.24. The molecule has 4 nitrogen and oxygen atoms in total. The summed E-state index contributed by atoms with van der Waals surface area (Å²) in [4.78, 5) is 4.92. The van der Waals surface area contributed by atoms with Gasteiger partial charge in [-0.3, -0.25) is 4.90 Å². The van der Waals surface area contributed by atoms with Crippen LogP contribution in [0.15, 0.2) is 34.9 Å². The van der Waals surface area contributed by atoms with E-state index in [0.29, 0.717) is 25.8 Å². The number of aliphatic hydroxyl groups is 1. The Balaban J connectivity index is 1.77. The summed E-state index contributed by atoms with van der Waals surface area (Å²) in [5.74, 6) is 0.780. The van der Waals surface area contributed by atoms with Crippen LogP contribution in [0, 0.1) is 6.92 Å². The molecule has 0 aliphatic heterocycles. The number of aryl methyl sites for hydroxylation is 1. The zero-order valence-electron chi connectivity index (χ0n) is 13.5. The van der Waals surface area contributed by atoms with Gasteiger partial charge in [0.15, 0.2) is 0 Å². The van der Waals surface area contributed by atoms with Gasteiger partial charge in [-0.2, -0.15) is 0 Å². The number of hydrogen-bond acceptors (Lipinski definition) is 5. The Bertz CT molecular complexity index is 536. The summed E-state index contributed by atoms with van der Waals surface area (Å²) in [7, 11) is 0. The van der Waals surface area contributed by atoms with Crippen molar-refractivity contribution in [3.63, 3.8) is 0 Å². The molecule has 2 rings (SSSR count). The van der Waals surface area contributed by atoms with Gasteiger partial charge < -0.3 is 14.3 Å². The lowest BCUT2D eigenvalue weighted by Gasteiger charge is -2.28. The van der Waals surface area contributed by atoms with E-state index >= 15 is 0 Å². The molecule has 122 valence electrons. The number of furan rings is 1. The number of rotatable bonds is 9. The van der Waals surface area contributed by atoms with E-state index in [1.54, 1.807) is 6.26 Å². The van der Waals surface area contributed by atoms with Crippen molar-refractivity contribution in [2.24, 2.45) is 0 Å². The van der Waals surface area contributed by atoms with Crippen LogP contribution in [0.3, 0.4) is 0 Å². The van der Waals surface area contributed by atoms with Crippen LogP contribution in [-0.2, 0) is 17.9 Å². The second kappa shape index (κ2) is 8.48. The highest BCUT2D eigenvalue weighted by molar-refractivity contribution is 7.11. The minimum atomic E-state index is -0.501. The van der Waals surface area contributed by atoms with Crippen molar-refractivity contribution >= 4 is 11.3 Å². The highest BCUT2D eigenvalue weighted by Crippen LogP contribution is 2.18. The average Bonchev–Trinajstić information content (AvgIpc) is 3.10. The summed E-state index contributed by atoms with van der Waals surface area (Å²) < 4.78 is 10.7. The predicted octanol–water partition coefficient (Wildman–Crippen LogP) is 3.44. The lowest BCUT2D eigenvalue weighted by Crippen LogP contribution is -2.38. The largest absolute Gasteiger partial charge is 0.467 e. The fraction of sp³-hybridized carbons (Fsp3) is 0.529. The molecule has 0 saturated carbocycles. The van der Waals surface area contributed by atoms with Crippen molar-refractivity contribution in [1.29, 1.82) is 0 Å². The van der Waals surface area contributed by atoms with Crippen LogP contribution in [0.25, 0.3) is 0 Å². The van der Waals surface area contributed by atoms with Crippen LogP contribution < -0.4 is 0 Å². The highest BCUT2D eigenvalue weighted by atomic mass is 32.1. The summed E-state index contributed by atoms with van der Waals surface area (Å²) in [6.07, 6.45) is 1.12. The Morgan fingerprint density at radius 1 is 1.32 bits per heavy atom. The van der Waals surface area contributed by atoms with Crippen LogP contribution in [0.1, 0.15) is 29.4 Å². The van der Waals surface area contributed by atoms with Crippen molar-refractivity contribution in [2.75, 3.05) is 13.2 Å². The number of thiophene rings is 1. The van der Waals surface area contributed by atoms with Crippen molar-refractivity contribution in [3.8, 4) is 0 Å². The van der Waals surface area contributed by atoms with Crippen molar-refractivity contribution in [3.05, 3.63) is 46.0 Å². The molecule has 2 heterocycles. The van der Waals surface area contributed by atoms with Crippen molar-refractivity contribution in [2.45, 2.75) is 46.1 Å². The number of hydrogen-bond donors (Lipinski definition) is 1. The molecule has 1 N–H and O–H groups in total. The molecule has 1 atom stereocenters. The van der Waals surface area contributed by atoms with Crippen LogP contribution in [0.5, 0.6) is 0 Å². The second-order valence-corrected chi connectivity index (χ2v) is 7.16. The highest BCUT2D eigenvalue weighted by Gasteiger charge is 2.16. The van der Waals surface area contributed by atoms with E-state index < -0.39 is 6.10 Å². The lowest BCUT2D eigenvalue weighted by atomic mass is 10.2. The molecule has 0 aliphatic rings. The maximum absolute atomic E-state index is 10.2. The van der Waals surface area contributed by atoms with E-state index in [0.717, 1.165) is 12.3 Å². The lowest BCUT2D eigenvalue weighted by molar-refractivity contribution is -0.000979. The molecule has 5 heteroatoms. The molecule has 2 aromatic rings. The molecule has 0 spiro atoms. The number of ether oxygens (including phenoxy) is 1. The third-order valence-corrected chi connectivity index (χ3v) is 4.45. The normalized spacial score (nSPS) is 13.2. The molecule has 0 bridgehead atoms. The maximum Gasteiger partial charge on any atom is 0.129 e. The molecule has 0 unspecified atom stereocenters. The second-order valence-electron chi connectivity index (χ2n) is 5.78. The molecule has 0 amide bonds. The smallest absolute Gasteiger partial charge is 0.129 e. The Morgan fingerprint density at radius 3 is 2.73 bits per heavy atom. The minimum Gasteiger partial charge on any atom is -0.467 e. The minimum absolute atomic E-state index is 0.313. The van der Waals surface area contributed by atoms with E-state index in [1.165, 1.54) is 9.75 Å². The molecule has 22 heavy (non-hydrogen) atoms. The van der Waals surface area contributed by atoms with Crippen LogP contribution >= 0.6 is 11.3 Å². The molecular weight excluding hydrogens is 298 g/mol. The van der Waals surface area contributed by atoms with E-state index in [4.69, 9.17) is 9.15 Å². The molecular formula is C17H25NO3S. The van der Waals surface area contributed by atoms with E-state index in [2.05, 4.69) is 37.8 Å². The first-order chi connectivity index (χ1) is 10.5. The summed E-state index contributed by atoms with van der Waals surface area (Å²) in [5.41, 5.74) is 0. The summed E-state index contributed by atoms with van der Waals surface area (Å²) in [5, 5.41) is 10.2. The predicted molar refractivity (Wildman–Crippen MR) is 89.0 cm³/mol. The van der Waals surface area contributed by atoms with Gasteiger partial charge in [-0.05, 0) is 45.0 Å². The number of nitrogens with zero attached hydrogens (tertiary/aromatic N) is 1. The van der Waals surface area contributed by atoms with E-state index in [1.807, 2.05) is 23.5 Å². The maximum atomic E-state index is 10.2. The van der Waals surface area contributed by atoms with Crippen molar-refractivity contribution < 1.29 is 14.3 Å². The Kier molecular flexibility index (Phi) is 6.64. The van der Waals surface area contributed by atoms with E-state index in [9.17, 15) is 5.11 Å². The molecule has 0 aliphatic carbocycles. The first-order valence-electron chi connectivity index (χ1n) is 7.62. The number of aliphatic hydroxyl groups excluding tert-OH is 1. The summed E-state index contributed by atoms with van der Waals surface area (Å²) in [6, 6.07) is 8.38. The van der Waals surface area contributed by atoms with Gasteiger partial charge >= 0.3 is 0 Å². The third-order valence-electron chi connectivity index (χ3n) is 3.47. The first-order valence-corrected chi connectivity index (χ1v) is 8.44. The fourth-order valence-corrected chi connectivity index (χ4v) is 3.16. The molecule has 0 radical (unpaired) electrons. The zero-order chi connectivity index (χ0) is 15.9. The van der Waals surface area contributed by atoms with Crippen molar-refractivity contribution in [1.82, 2.24) is 4.90 Å². The Labute approximate surface area is 136 Å². The third kappa shape index (κ3) is 5.57. The van der Waals surface area contributed by atoms with Gasteiger partial charge in [0.2, 0.25) is 0 Å². The first kappa shape index (κ1) is 17.2. The van der Waals surface area contributed by atoms with Gasteiger partial charge in [-0.1, -0.05) is 0 Å². The molecule has 0 fully saturated rings. The van der Waals surface area contributed by atoms with Crippen LogP contribution in [0.2, 0.25) is 0 Å². The Morgan fingerprint density at radius 2 is 2.14 bits per heavy atom. The molecule has 0 saturated heterocycles. The van der Waals surface area contributed by atoms with Gasteiger partial charge in [0.1, 0.15) is 12.4 Å². The van der Waals surface area contributed by atoms with Crippen LogP contribution in [0.4, 0.5) is 0 Å². The van der Waals surface area contributed by atoms with Gasteiger partial charge in [0, 0.05) is 28.9 Å². The topological polar surface area (TPSA) is 45.8 Å². The van der Waals surface area contributed by atoms with Crippen LogP contribution in [-0.4, -0.2) is 35.3 Å². The van der Waals surface area contributed by atoms with E-state index in [-0.39, 0.29) is 0 Å².